The Hall–Kier alpha value is -1.63. The molecule has 1 aromatic rings. The zero-order chi connectivity index (χ0) is 14.3. The minimum atomic E-state index is -0.663. The first kappa shape index (κ1) is 18.4. The average molecular weight is 302 g/mol. The lowest BCUT2D eigenvalue weighted by atomic mass is 10.2. The van der Waals surface area contributed by atoms with Crippen molar-refractivity contribution in [3.05, 3.63) is 29.8 Å². The van der Waals surface area contributed by atoms with E-state index in [9.17, 15) is 9.59 Å². The van der Waals surface area contributed by atoms with Gasteiger partial charge in [-0.25, -0.2) is 0 Å². The number of anilines is 1. The van der Waals surface area contributed by atoms with E-state index in [1.807, 2.05) is 12.1 Å². The molecule has 1 rings (SSSR count). The average Bonchev–Trinajstić information content (AvgIpc) is 2.37. The fourth-order valence-corrected chi connectivity index (χ4v) is 1.48. The standard InChI is InChI=1S/C13H19N3O3.ClH/c1-9(17)16-11-5-3-10(4-6-11)7-15-13(18)12(14)8-19-2;/h3-6,12H,7-8,14H2,1-2H3,(H,15,18)(H,16,17);1H. The van der Waals surface area contributed by atoms with Gasteiger partial charge in [0.05, 0.1) is 6.61 Å². The summed E-state index contributed by atoms with van der Waals surface area (Å²) < 4.78 is 4.80. The van der Waals surface area contributed by atoms with Gasteiger partial charge in [-0.05, 0) is 17.7 Å². The van der Waals surface area contributed by atoms with Crippen molar-refractivity contribution in [2.75, 3.05) is 19.0 Å². The van der Waals surface area contributed by atoms with Crippen molar-refractivity contribution in [3.63, 3.8) is 0 Å². The number of amides is 2. The van der Waals surface area contributed by atoms with Gasteiger partial charge in [-0.1, -0.05) is 12.1 Å². The quantitative estimate of drug-likeness (QED) is 0.719. The van der Waals surface area contributed by atoms with Gasteiger partial charge in [0.25, 0.3) is 0 Å². The molecule has 4 N–H and O–H groups in total. The van der Waals surface area contributed by atoms with Crippen LogP contribution in [0.1, 0.15) is 12.5 Å². The van der Waals surface area contributed by atoms with Crippen LogP contribution in [-0.2, 0) is 20.9 Å². The highest BCUT2D eigenvalue weighted by atomic mass is 35.5. The van der Waals surface area contributed by atoms with Gasteiger partial charge in [0.1, 0.15) is 6.04 Å². The maximum Gasteiger partial charge on any atom is 0.239 e. The topological polar surface area (TPSA) is 93.4 Å². The molecule has 1 unspecified atom stereocenters. The zero-order valence-electron chi connectivity index (χ0n) is 11.5. The third kappa shape index (κ3) is 6.51. The van der Waals surface area contributed by atoms with Crippen LogP contribution >= 0.6 is 12.4 Å². The van der Waals surface area contributed by atoms with Crippen molar-refractivity contribution in [3.8, 4) is 0 Å². The third-order valence-electron chi connectivity index (χ3n) is 2.42. The van der Waals surface area contributed by atoms with Gasteiger partial charge >= 0.3 is 0 Å². The molecule has 0 spiro atoms. The van der Waals surface area contributed by atoms with Crippen LogP contribution in [0.25, 0.3) is 0 Å². The number of halogens is 1. The molecular weight excluding hydrogens is 282 g/mol. The van der Waals surface area contributed by atoms with Crippen LogP contribution in [0.15, 0.2) is 24.3 Å². The maximum absolute atomic E-state index is 11.5. The molecule has 1 atom stereocenters. The molecule has 0 radical (unpaired) electrons. The van der Waals surface area contributed by atoms with Crippen LogP contribution in [0.4, 0.5) is 5.69 Å². The van der Waals surface area contributed by atoms with Gasteiger partial charge in [0.2, 0.25) is 11.8 Å². The monoisotopic (exact) mass is 301 g/mol. The minimum absolute atomic E-state index is 0. The summed E-state index contributed by atoms with van der Waals surface area (Å²) >= 11 is 0. The highest BCUT2D eigenvalue weighted by molar-refractivity contribution is 5.88. The van der Waals surface area contributed by atoms with Crippen molar-refractivity contribution in [1.82, 2.24) is 5.32 Å². The Labute approximate surface area is 124 Å². The van der Waals surface area contributed by atoms with Crippen LogP contribution in [-0.4, -0.2) is 31.6 Å². The number of benzene rings is 1. The summed E-state index contributed by atoms with van der Waals surface area (Å²) in [4.78, 5) is 22.4. The minimum Gasteiger partial charge on any atom is -0.383 e. The lowest BCUT2D eigenvalue weighted by molar-refractivity contribution is -0.123. The van der Waals surface area contributed by atoms with Crippen molar-refractivity contribution < 1.29 is 14.3 Å². The molecule has 0 fully saturated rings. The first-order chi connectivity index (χ1) is 9.02. The molecule has 0 bridgehead atoms. The van der Waals surface area contributed by atoms with E-state index in [2.05, 4.69) is 10.6 Å². The number of ether oxygens (including phenoxy) is 1. The Balaban J connectivity index is 0.00000361. The van der Waals surface area contributed by atoms with Gasteiger partial charge in [-0.3, -0.25) is 9.59 Å². The molecule has 0 heterocycles. The molecule has 0 aliphatic rings. The van der Waals surface area contributed by atoms with E-state index in [1.165, 1.54) is 14.0 Å². The van der Waals surface area contributed by atoms with E-state index in [-0.39, 0.29) is 30.8 Å². The number of rotatable bonds is 6. The number of methoxy groups -OCH3 is 1. The molecule has 6 nitrogen and oxygen atoms in total. The smallest absolute Gasteiger partial charge is 0.239 e. The van der Waals surface area contributed by atoms with Crippen molar-refractivity contribution >= 4 is 29.9 Å². The first-order valence-corrected chi connectivity index (χ1v) is 5.91. The van der Waals surface area contributed by atoms with Crippen molar-refractivity contribution in [2.45, 2.75) is 19.5 Å². The number of hydrogen-bond acceptors (Lipinski definition) is 4. The second kappa shape index (κ2) is 9.30. The van der Waals surface area contributed by atoms with Gasteiger partial charge in [-0.15, -0.1) is 12.4 Å². The van der Waals surface area contributed by atoms with E-state index in [4.69, 9.17) is 10.5 Å². The van der Waals surface area contributed by atoms with Crippen LogP contribution in [0.5, 0.6) is 0 Å². The fourth-order valence-electron chi connectivity index (χ4n) is 1.48. The third-order valence-corrected chi connectivity index (χ3v) is 2.42. The molecule has 0 aliphatic carbocycles. The molecule has 7 heteroatoms. The molecule has 112 valence electrons. The maximum atomic E-state index is 11.5. The van der Waals surface area contributed by atoms with Gasteiger partial charge in [-0.2, -0.15) is 0 Å². The normalized spacial score (nSPS) is 11.2. The Kier molecular flexibility index (Phi) is 8.54. The summed E-state index contributed by atoms with van der Waals surface area (Å²) in [5.41, 5.74) is 7.23. The number of carbonyl (C=O) groups is 2. The Morgan fingerprint density at radius 2 is 1.90 bits per heavy atom. The zero-order valence-corrected chi connectivity index (χ0v) is 12.3. The number of nitrogens with one attached hydrogen (secondary N) is 2. The van der Waals surface area contributed by atoms with E-state index >= 15 is 0 Å². The summed E-state index contributed by atoms with van der Waals surface area (Å²) in [7, 11) is 1.49. The van der Waals surface area contributed by atoms with E-state index in [0.29, 0.717) is 6.54 Å². The van der Waals surface area contributed by atoms with Crippen molar-refractivity contribution in [2.24, 2.45) is 5.73 Å². The molecule has 0 saturated carbocycles. The summed E-state index contributed by atoms with van der Waals surface area (Å²) in [6.07, 6.45) is 0. The van der Waals surface area contributed by atoms with Gasteiger partial charge in [0, 0.05) is 26.3 Å². The van der Waals surface area contributed by atoms with Crippen LogP contribution in [0.2, 0.25) is 0 Å². The highest BCUT2D eigenvalue weighted by Crippen LogP contribution is 2.09. The second-order valence-corrected chi connectivity index (χ2v) is 4.16. The lowest BCUT2D eigenvalue weighted by Crippen LogP contribution is -2.43. The summed E-state index contributed by atoms with van der Waals surface area (Å²) in [5, 5.41) is 5.38. The molecule has 0 aliphatic heterocycles. The Morgan fingerprint density at radius 1 is 1.30 bits per heavy atom. The van der Waals surface area contributed by atoms with E-state index < -0.39 is 6.04 Å². The van der Waals surface area contributed by atoms with E-state index in [0.717, 1.165) is 11.3 Å². The van der Waals surface area contributed by atoms with E-state index in [1.54, 1.807) is 12.1 Å². The van der Waals surface area contributed by atoms with Crippen molar-refractivity contribution in [1.29, 1.82) is 0 Å². The molecule has 0 saturated heterocycles. The van der Waals surface area contributed by atoms with Crippen LogP contribution < -0.4 is 16.4 Å². The Morgan fingerprint density at radius 3 is 2.40 bits per heavy atom. The summed E-state index contributed by atoms with van der Waals surface area (Å²) in [5.74, 6) is -0.376. The van der Waals surface area contributed by atoms with Gasteiger partial charge < -0.3 is 21.1 Å². The predicted molar refractivity (Wildman–Crippen MR) is 79.7 cm³/mol. The predicted octanol–water partition coefficient (Wildman–Crippen LogP) is 0.657. The van der Waals surface area contributed by atoms with Gasteiger partial charge in [0.15, 0.2) is 0 Å². The highest BCUT2D eigenvalue weighted by Gasteiger charge is 2.12. The largest absolute Gasteiger partial charge is 0.383 e. The summed E-state index contributed by atoms with van der Waals surface area (Å²) in [6.45, 7) is 2.02. The lowest BCUT2D eigenvalue weighted by Gasteiger charge is -2.11. The summed E-state index contributed by atoms with van der Waals surface area (Å²) in [6, 6.07) is 6.54. The SMILES string of the molecule is COCC(N)C(=O)NCc1ccc(NC(C)=O)cc1.Cl. The number of nitrogens with two attached hydrogens (primary N) is 1. The molecule has 20 heavy (non-hydrogen) atoms. The molecular formula is C13H20ClN3O3. The number of carbonyl (C=O) groups excluding carboxylic acids is 2. The molecule has 1 aromatic carbocycles. The van der Waals surface area contributed by atoms with Crippen LogP contribution in [0, 0.1) is 0 Å². The molecule has 2 amide bonds. The Bertz CT molecular complexity index is 437. The first-order valence-electron chi connectivity index (χ1n) is 5.91. The fraction of sp³-hybridized carbons (Fsp3) is 0.385. The second-order valence-electron chi connectivity index (χ2n) is 4.16. The molecule has 0 aromatic heterocycles. The number of hydrogen-bond donors (Lipinski definition) is 3. The van der Waals surface area contributed by atoms with Crippen LogP contribution in [0.3, 0.4) is 0 Å².